The van der Waals surface area contributed by atoms with Crippen molar-refractivity contribution in [2.45, 2.75) is 187 Å². The topological polar surface area (TPSA) is 86.2 Å². The van der Waals surface area contributed by atoms with Crippen LogP contribution in [-0.4, -0.2) is 11.8 Å². The third-order valence-corrected chi connectivity index (χ3v) is 8.22. The minimum Gasteiger partial charge on any atom is -0.369 e. The van der Waals surface area contributed by atoms with E-state index in [0.717, 1.165) is 51.4 Å². The van der Waals surface area contributed by atoms with E-state index in [9.17, 15) is 9.59 Å². The molecule has 220 valence electrons. The van der Waals surface area contributed by atoms with Crippen LogP contribution in [0, 0.1) is 11.8 Å². The number of amides is 2. The highest BCUT2D eigenvalue weighted by Gasteiger charge is 2.15. The molecule has 0 bridgehead atoms. The Balaban J connectivity index is 3.67. The van der Waals surface area contributed by atoms with E-state index >= 15 is 0 Å². The predicted octanol–water partition coefficient (Wildman–Crippen LogP) is 9.76. The van der Waals surface area contributed by atoms with Crippen LogP contribution in [0.1, 0.15) is 187 Å². The van der Waals surface area contributed by atoms with E-state index in [4.69, 9.17) is 11.5 Å². The summed E-state index contributed by atoms with van der Waals surface area (Å²) >= 11 is 0. The zero-order valence-electron chi connectivity index (χ0n) is 25.2. The maximum atomic E-state index is 11.8. The molecule has 4 nitrogen and oxygen atoms in total. The summed E-state index contributed by atoms with van der Waals surface area (Å²) in [5.41, 5.74) is 11.3. The molecule has 0 heterocycles. The van der Waals surface area contributed by atoms with Crippen LogP contribution in [0.15, 0.2) is 0 Å². The van der Waals surface area contributed by atoms with Gasteiger partial charge in [-0.25, -0.2) is 0 Å². The molecule has 4 N–H and O–H groups in total. The van der Waals surface area contributed by atoms with Gasteiger partial charge in [-0.05, 0) is 25.7 Å². The Morgan fingerprint density at radius 1 is 0.378 bits per heavy atom. The van der Waals surface area contributed by atoms with Crippen LogP contribution in [0.2, 0.25) is 0 Å². The minimum absolute atomic E-state index is 0.0758. The Morgan fingerprint density at radius 3 is 0.757 bits per heavy atom. The number of hydrogen-bond acceptors (Lipinski definition) is 2. The first kappa shape index (κ1) is 35.9. The third kappa shape index (κ3) is 25.0. The molecule has 0 saturated heterocycles. The van der Waals surface area contributed by atoms with E-state index < -0.39 is 0 Å². The molecular weight excluding hydrogens is 456 g/mol. The van der Waals surface area contributed by atoms with Gasteiger partial charge in [-0.2, -0.15) is 0 Å². The molecule has 0 aromatic rings. The summed E-state index contributed by atoms with van der Waals surface area (Å²) in [5, 5.41) is 0. The quantitative estimate of drug-likeness (QED) is 0.0919. The molecule has 2 amide bonds. The normalized spacial score (nSPS) is 13.0. The Kier molecular flexibility index (Phi) is 27.2. The fourth-order valence-electron chi connectivity index (χ4n) is 5.57. The lowest BCUT2D eigenvalue weighted by Crippen LogP contribution is -2.23. The highest BCUT2D eigenvalue weighted by atomic mass is 16.1. The van der Waals surface area contributed by atoms with Crippen molar-refractivity contribution >= 4 is 11.8 Å². The van der Waals surface area contributed by atoms with Gasteiger partial charge in [-0.3, -0.25) is 9.59 Å². The van der Waals surface area contributed by atoms with Crippen molar-refractivity contribution in [3.05, 3.63) is 0 Å². The van der Waals surface area contributed by atoms with Crippen molar-refractivity contribution in [3.8, 4) is 0 Å². The van der Waals surface area contributed by atoms with Crippen LogP contribution in [0.5, 0.6) is 0 Å². The summed E-state index contributed by atoms with van der Waals surface area (Å²) in [5.74, 6) is -0.0448. The van der Waals surface area contributed by atoms with E-state index in [1.165, 1.54) is 122 Å². The summed E-state index contributed by atoms with van der Waals surface area (Å²) in [6, 6.07) is 0. The van der Waals surface area contributed by atoms with Crippen molar-refractivity contribution in [2.75, 3.05) is 0 Å². The summed E-state index contributed by atoms with van der Waals surface area (Å²) in [7, 11) is 0. The maximum absolute atomic E-state index is 11.8. The molecule has 0 rings (SSSR count). The summed E-state index contributed by atoms with van der Waals surface area (Å²) in [6.45, 7) is 4.51. The monoisotopic (exact) mass is 523 g/mol. The predicted molar refractivity (Wildman–Crippen MR) is 161 cm³/mol. The van der Waals surface area contributed by atoms with Crippen LogP contribution in [0.4, 0.5) is 0 Å². The standard InChI is InChI=1S/C33H66N2O2/c1-3-5-7-9-11-14-18-22-26-30(32(34)36)28-24-20-16-13-17-21-25-29-31(33(35)37)27-23-19-15-12-10-8-6-4-2/h30-31H,3-29H2,1-2H3,(H2,34,36)(H2,35,37). The van der Waals surface area contributed by atoms with E-state index in [1.807, 2.05) is 0 Å². The van der Waals surface area contributed by atoms with Gasteiger partial charge >= 0.3 is 0 Å². The first-order valence-corrected chi connectivity index (χ1v) is 16.6. The SMILES string of the molecule is CCCCCCCCCCC(CCCCCCCCCC(CCCCCCCCCC)C(N)=O)C(N)=O. The smallest absolute Gasteiger partial charge is 0.220 e. The van der Waals surface area contributed by atoms with Crippen molar-refractivity contribution in [1.82, 2.24) is 0 Å². The molecule has 0 aliphatic rings. The van der Waals surface area contributed by atoms with Gasteiger partial charge in [0.2, 0.25) is 11.8 Å². The highest BCUT2D eigenvalue weighted by Crippen LogP contribution is 2.21. The lowest BCUT2D eigenvalue weighted by Gasteiger charge is -2.14. The molecule has 0 aliphatic carbocycles. The molecule has 0 aromatic heterocycles. The van der Waals surface area contributed by atoms with Crippen LogP contribution in [0.25, 0.3) is 0 Å². The molecule has 0 radical (unpaired) electrons. The number of carbonyl (C=O) groups is 2. The molecule has 37 heavy (non-hydrogen) atoms. The molecule has 4 heteroatoms. The summed E-state index contributed by atoms with van der Waals surface area (Å²) in [4.78, 5) is 23.6. The molecule has 2 atom stereocenters. The number of nitrogens with two attached hydrogens (primary N) is 2. The molecule has 0 saturated carbocycles. The highest BCUT2D eigenvalue weighted by molar-refractivity contribution is 5.76. The van der Waals surface area contributed by atoms with Gasteiger partial charge in [0.25, 0.3) is 0 Å². The second kappa shape index (κ2) is 28.0. The molecule has 0 spiro atoms. The molecule has 0 fully saturated rings. The van der Waals surface area contributed by atoms with Crippen molar-refractivity contribution in [1.29, 1.82) is 0 Å². The molecular formula is C33H66N2O2. The first-order valence-electron chi connectivity index (χ1n) is 16.6. The van der Waals surface area contributed by atoms with Crippen LogP contribution >= 0.6 is 0 Å². The van der Waals surface area contributed by atoms with Crippen molar-refractivity contribution < 1.29 is 9.59 Å². The minimum atomic E-state index is -0.0982. The molecule has 2 unspecified atom stereocenters. The van der Waals surface area contributed by atoms with Gasteiger partial charge in [0.05, 0.1) is 0 Å². The van der Waals surface area contributed by atoms with Crippen LogP contribution < -0.4 is 11.5 Å². The maximum Gasteiger partial charge on any atom is 0.220 e. The number of rotatable bonds is 30. The fourth-order valence-corrected chi connectivity index (χ4v) is 5.57. The van der Waals surface area contributed by atoms with E-state index in [-0.39, 0.29) is 23.7 Å². The van der Waals surface area contributed by atoms with Gasteiger partial charge in [0.1, 0.15) is 0 Å². The van der Waals surface area contributed by atoms with Gasteiger partial charge in [0.15, 0.2) is 0 Å². The Morgan fingerprint density at radius 2 is 0.568 bits per heavy atom. The Bertz CT molecular complexity index is 465. The molecule has 0 aliphatic heterocycles. The number of carbonyl (C=O) groups excluding carboxylic acids is 2. The van der Waals surface area contributed by atoms with Gasteiger partial charge in [-0.15, -0.1) is 0 Å². The second-order valence-electron chi connectivity index (χ2n) is 11.8. The summed E-state index contributed by atoms with van der Waals surface area (Å²) < 4.78 is 0. The van der Waals surface area contributed by atoms with Gasteiger partial charge in [-0.1, -0.05) is 162 Å². The third-order valence-electron chi connectivity index (χ3n) is 8.22. The lowest BCUT2D eigenvalue weighted by atomic mass is 9.92. The zero-order valence-corrected chi connectivity index (χ0v) is 25.2. The fraction of sp³-hybridized carbons (Fsp3) is 0.939. The van der Waals surface area contributed by atoms with E-state index in [2.05, 4.69) is 13.8 Å². The van der Waals surface area contributed by atoms with E-state index in [0.29, 0.717) is 0 Å². The number of primary amides is 2. The van der Waals surface area contributed by atoms with E-state index in [1.54, 1.807) is 0 Å². The lowest BCUT2D eigenvalue weighted by molar-refractivity contribution is -0.123. The van der Waals surface area contributed by atoms with Crippen LogP contribution in [0.3, 0.4) is 0 Å². The van der Waals surface area contributed by atoms with Gasteiger partial charge < -0.3 is 11.5 Å². The second-order valence-corrected chi connectivity index (χ2v) is 11.8. The average molecular weight is 523 g/mol. The zero-order chi connectivity index (χ0) is 27.4. The first-order chi connectivity index (χ1) is 18.0. The number of unbranched alkanes of at least 4 members (excludes halogenated alkanes) is 20. The van der Waals surface area contributed by atoms with Crippen LogP contribution in [-0.2, 0) is 9.59 Å². The van der Waals surface area contributed by atoms with Crippen molar-refractivity contribution in [2.24, 2.45) is 23.3 Å². The Labute approximate surface area is 231 Å². The average Bonchev–Trinajstić information content (AvgIpc) is 2.87. The number of hydrogen-bond donors (Lipinski definition) is 2. The summed E-state index contributed by atoms with van der Waals surface area (Å²) in [6.07, 6.45) is 33.1. The largest absolute Gasteiger partial charge is 0.369 e. The van der Waals surface area contributed by atoms with Gasteiger partial charge in [0, 0.05) is 11.8 Å². The molecule has 0 aromatic carbocycles. The van der Waals surface area contributed by atoms with Crippen molar-refractivity contribution in [3.63, 3.8) is 0 Å². The Hall–Kier alpha value is -1.06.